The quantitative estimate of drug-likeness (QED) is 0.716. The van der Waals surface area contributed by atoms with Crippen LogP contribution in [-0.4, -0.2) is 38.1 Å². The van der Waals surface area contributed by atoms with Gasteiger partial charge >= 0.3 is 11.9 Å². The summed E-state index contributed by atoms with van der Waals surface area (Å²) in [7, 11) is -4.12. The molecule has 0 aliphatic rings. The first-order valence-corrected chi connectivity index (χ1v) is 7.68. The van der Waals surface area contributed by atoms with Gasteiger partial charge in [-0.05, 0) is 29.8 Å². The molecule has 0 aliphatic carbocycles. The largest absolute Gasteiger partial charge is 0.475 e. The summed E-state index contributed by atoms with van der Waals surface area (Å²) in [6.07, 6.45) is 0. The number of hydrogen-bond donors (Lipinski definition) is 2. The first-order chi connectivity index (χ1) is 9.19. The Balaban J connectivity index is 3.00. The van der Waals surface area contributed by atoms with Crippen LogP contribution in [0.4, 0.5) is 0 Å². The molecule has 0 radical (unpaired) electrons. The topological polar surface area (TPSA) is 123 Å². The van der Waals surface area contributed by atoms with E-state index in [1.165, 1.54) is 6.92 Å². The Kier molecular flexibility index (Phi) is 5.31. The highest BCUT2D eigenvalue weighted by molar-refractivity contribution is 9.10. The molecule has 1 aromatic heterocycles. The highest BCUT2D eigenvalue weighted by Crippen LogP contribution is 2.26. The van der Waals surface area contributed by atoms with Crippen LogP contribution in [0.15, 0.2) is 20.0 Å². The van der Waals surface area contributed by atoms with E-state index >= 15 is 0 Å². The van der Waals surface area contributed by atoms with E-state index in [2.05, 4.69) is 25.4 Å². The highest BCUT2D eigenvalue weighted by Gasteiger charge is 2.28. The van der Waals surface area contributed by atoms with Crippen LogP contribution in [0.1, 0.15) is 24.4 Å². The molecule has 0 aromatic carbocycles. The van der Waals surface area contributed by atoms with Gasteiger partial charge in [0.2, 0.25) is 15.8 Å². The van der Waals surface area contributed by atoms with Crippen molar-refractivity contribution in [3.8, 4) is 0 Å². The fraction of sp³-hybridized carbons (Fsp3) is 0.400. The van der Waals surface area contributed by atoms with Gasteiger partial charge in [-0.25, -0.2) is 13.2 Å². The molecular formula is C10H12BrNO7S. The molecule has 0 fully saturated rings. The molecule has 2 N–H and O–H groups in total. The van der Waals surface area contributed by atoms with Gasteiger partial charge in [-0.1, -0.05) is 0 Å². The molecule has 0 bridgehead atoms. The number of hydrogen-bond acceptors (Lipinski definition) is 6. The molecular weight excluding hydrogens is 358 g/mol. The molecule has 0 spiro atoms. The summed E-state index contributed by atoms with van der Waals surface area (Å²) in [4.78, 5) is 21.7. The van der Waals surface area contributed by atoms with Crippen LogP contribution in [0.5, 0.6) is 0 Å². The number of carbonyl (C=O) groups is 2. The van der Waals surface area contributed by atoms with Crippen molar-refractivity contribution < 1.29 is 32.3 Å². The van der Waals surface area contributed by atoms with Crippen LogP contribution in [0.2, 0.25) is 0 Å². The predicted octanol–water partition coefficient (Wildman–Crippen LogP) is 0.970. The molecule has 0 saturated carbocycles. The lowest BCUT2D eigenvalue weighted by atomic mass is 10.4. The molecule has 0 saturated heterocycles. The Labute approximate surface area is 123 Å². The van der Waals surface area contributed by atoms with Gasteiger partial charge in [-0.2, -0.15) is 4.72 Å². The number of halogens is 1. The lowest BCUT2D eigenvalue weighted by molar-refractivity contribution is -0.144. The SMILES string of the molecule is CCOC(=O)C(C)NS(=O)(=O)c1cc(C(=O)O)oc1Br. The number of carboxylic acids is 1. The average Bonchev–Trinajstić information content (AvgIpc) is 2.72. The summed E-state index contributed by atoms with van der Waals surface area (Å²) in [6.45, 7) is 3.01. The highest BCUT2D eigenvalue weighted by atomic mass is 79.9. The monoisotopic (exact) mass is 369 g/mol. The van der Waals surface area contributed by atoms with Gasteiger partial charge in [-0.3, -0.25) is 4.79 Å². The van der Waals surface area contributed by atoms with Gasteiger partial charge in [0.15, 0.2) is 4.67 Å². The minimum Gasteiger partial charge on any atom is -0.475 e. The van der Waals surface area contributed by atoms with Crippen molar-refractivity contribution in [2.75, 3.05) is 6.61 Å². The molecule has 20 heavy (non-hydrogen) atoms. The summed E-state index contributed by atoms with van der Waals surface area (Å²) in [6, 6.07) is -0.276. The van der Waals surface area contributed by atoms with E-state index in [9.17, 15) is 18.0 Å². The second-order valence-electron chi connectivity index (χ2n) is 3.65. The predicted molar refractivity (Wildman–Crippen MR) is 69.8 cm³/mol. The molecule has 1 heterocycles. The second kappa shape index (κ2) is 6.37. The van der Waals surface area contributed by atoms with Gasteiger partial charge in [0.05, 0.1) is 6.61 Å². The van der Waals surface area contributed by atoms with E-state index in [0.29, 0.717) is 0 Å². The van der Waals surface area contributed by atoms with E-state index < -0.39 is 38.7 Å². The number of carboxylic acid groups (broad SMARTS) is 1. The third-order valence-corrected chi connectivity index (χ3v) is 4.53. The van der Waals surface area contributed by atoms with Crippen LogP contribution < -0.4 is 4.72 Å². The fourth-order valence-electron chi connectivity index (χ4n) is 1.25. The molecule has 0 aliphatic heterocycles. The number of aromatic carboxylic acids is 1. The third kappa shape index (κ3) is 3.81. The van der Waals surface area contributed by atoms with Crippen LogP contribution >= 0.6 is 15.9 Å². The smallest absolute Gasteiger partial charge is 0.371 e. The van der Waals surface area contributed by atoms with Crippen molar-refractivity contribution in [2.24, 2.45) is 0 Å². The van der Waals surface area contributed by atoms with Crippen LogP contribution in [-0.2, 0) is 19.6 Å². The maximum absolute atomic E-state index is 12.0. The van der Waals surface area contributed by atoms with Crippen molar-refractivity contribution in [2.45, 2.75) is 24.8 Å². The van der Waals surface area contributed by atoms with Gasteiger partial charge in [0, 0.05) is 6.07 Å². The first kappa shape index (κ1) is 16.7. The van der Waals surface area contributed by atoms with Gasteiger partial charge in [0.1, 0.15) is 10.9 Å². The number of furan rings is 1. The summed E-state index contributed by atoms with van der Waals surface area (Å²) in [5.74, 6) is -2.69. The fourth-order valence-corrected chi connectivity index (χ4v) is 3.38. The number of sulfonamides is 1. The summed E-state index contributed by atoms with van der Waals surface area (Å²) < 4.78 is 35.2. The van der Waals surface area contributed by atoms with Crippen molar-refractivity contribution >= 4 is 37.9 Å². The van der Waals surface area contributed by atoms with Crippen LogP contribution in [0.3, 0.4) is 0 Å². The minimum atomic E-state index is -4.12. The molecule has 1 unspecified atom stereocenters. The van der Waals surface area contributed by atoms with Crippen molar-refractivity contribution in [3.63, 3.8) is 0 Å². The first-order valence-electron chi connectivity index (χ1n) is 5.40. The number of nitrogens with one attached hydrogen (secondary N) is 1. The second-order valence-corrected chi connectivity index (χ2v) is 6.05. The zero-order chi connectivity index (χ0) is 15.5. The molecule has 112 valence electrons. The van der Waals surface area contributed by atoms with Gasteiger partial charge in [-0.15, -0.1) is 0 Å². The molecule has 1 rings (SSSR count). The third-order valence-electron chi connectivity index (χ3n) is 2.13. The summed E-state index contributed by atoms with van der Waals surface area (Å²) in [5.41, 5.74) is 0. The Bertz CT molecular complexity index is 622. The van der Waals surface area contributed by atoms with Gasteiger partial charge in [0.25, 0.3) is 0 Å². The minimum absolute atomic E-state index is 0.115. The molecule has 1 atom stereocenters. The lowest BCUT2D eigenvalue weighted by Gasteiger charge is -2.12. The normalized spacial score (nSPS) is 12.9. The Morgan fingerprint density at radius 2 is 2.15 bits per heavy atom. The van der Waals surface area contributed by atoms with Gasteiger partial charge < -0.3 is 14.3 Å². The van der Waals surface area contributed by atoms with E-state index in [4.69, 9.17) is 9.52 Å². The molecule has 8 nitrogen and oxygen atoms in total. The number of esters is 1. The van der Waals surface area contributed by atoms with Crippen molar-refractivity contribution in [1.29, 1.82) is 0 Å². The van der Waals surface area contributed by atoms with E-state index in [1.807, 2.05) is 0 Å². The van der Waals surface area contributed by atoms with E-state index in [-0.39, 0.29) is 11.3 Å². The Morgan fingerprint density at radius 3 is 2.60 bits per heavy atom. The Hall–Kier alpha value is -1.39. The number of ether oxygens (including phenoxy) is 1. The molecule has 10 heteroatoms. The van der Waals surface area contributed by atoms with E-state index in [1.54, 1.807) is 6.92 Å². The van der Waals surface area contributed by atoms with Crippen molar-refractivity contribution in [1.82, 2.24) is 4.72 Å². The average molecular weight is 370 g/mol. The maximum atomic E-state index is 12.0. The zero-order valence-corrected chi connectivity index (χ0v) is 12.9. The lowest BCUT2D eigenvalue weighted by Crippen LogP contribution is -2.39. The summed E-state index contributed by atoms with van der Waals surface area (Å²) >= 11 is 2.81. The van der Waals surface area contributed by atoms with Crippen LogP contribution in [0, 0.1) is 0 Å². The summed E-state index contributed by atoms with van der Waals surface area (Å²) in [5, 5.41) is 8.72. The standard InChI is InChI=1S/C10H12BrNO7S/c1-3-18-10(15)5(2)12-20(16,17)7-4-6(9(13)14)19-8(7)11/h4-5,12H,3H2,1-2H3,(H,13,14). The maximum Gasteiger partial charge on any atom is 0.371 e. The number of rotatable bonds is 6. The zero-order valence-electron chi connectivity index (χ0n) is 10.5. The van der Waals surface area contributed by atoms with Crippen LogP contribution in [0.25, 0.3) is 0 Å². The molecule has 0 amide bonds. The van der Waals surface area contributed by atoms with Crippen molar-refractivity contribution in [3.05, 3.63) is 16.5 Å². The Morgan fingerprint density at radius 1 is 1.55 bits per heavy atom. The number of carbonyl (C=O) groups excluding carboxylic acids is 1. The van der Waals surface area contributed by atoms with E-state index in [0.717, 1.165) is 6.07 Å². The molecule has 1 aromatic rings.